The molecule has 1 N–H and O–H groups in total. The highest BCUT2D eigenvalue weighted by Gasteiger charge is 2.29. The van der Waals surface area contributed by atoms with E-state index in [4.69, 9.17) is 0 Å². The van der Waals surface area contributed by atoms with Crippen LogP contribution in [0.15, 0.2) is 64.9 Å². The molecule has 2 aromatic carbocycles. The lowest BCUT2D eigenvalue weighted by molar-refractivity contribution is 0.0755. The van der Waals surface area contributed by atoms with Crippen LogP contribution in [0.25, 0.3) is 5.57 Å². The summed E-state index contributed by atoms with van der Waals surface area (Å²) < 4.78 is 26.1. The average molecular weight is 316 g/mol. The van der Waals surface area contributed by atoms with Gasteiger partial charge in [-0.1, -0.05) is 43.0 Å². The molecular weight excluding hydrogens is 296 g/mol. The number of aliphatic hydroxyl groups is 1. The molecule has 0 radical (unpaired) electrons. The lowest BCUT2D eigenvalue weighted by Crippen LogP contribution is -2.20. The highest BCUT2D eigenvalue weighted by Crippen LogP contribution is 2.33. The maximum absolute atomic E-state index is 13.1. The van der Waals surface area contributed by atoms with E-state index >= 15 is 0 Å². The van der Waals surface area contributed by atoms with Crippen LogP contribution < -0.4 is 0 Å². The molecule has 0 bridgehead atoms. The topological polar surface area (TPSA) is 54.4 Å². The Morgan fingerprint density at radius 2 is 1.50 bits per heavy atom. The molecule has 2 rings (SSSR count). The van der Waals surface area contributed by atoms with Crippen molar-refractivity contribution >= 4 is 15.4 Å². The smallest absolute Gasteiger partial charge is 0.207 e. The van der Waals surface area contributed by atoms with Gasteiger partial charge in [-0.2, -0.15) is 0 Å². The Labute approximate surface area is 131 Å². The predicted octanol–water partition coefficient (Wildman–Crippen LogP) is 3.78. The van der Waals surface area contributed by atoms with Crippen molar-refractivity contribution in [2.75, 3.05) is 0 Å². The van der Waals surface area contributed by atoms with Crippen molar-refractivity contribution in [1.29, 1.82) is 0 Å². The average Bonchev–Trinajstić information content (AvgIpc) is 2.46. The minimum Gasteiger partial charge on any atom is -0.386 e. The molecular formula is C18H20O3S. The zero-order valence-electron chi connectivity index (χ0n) is 13.0. The first-order valence-corrected chi connectivity index (χ1v) is 8.46. The van der Waals surface area contributed by atoms with E-state index in [2.05, 4.69) is 6.58 Å². The van der Waals surface area contributed by atoms with Gasteiger partial charge in [0.05, 0.1) is 15.4 Å². The summed E-state index contributed by atoms with van der Waals surface area (Å²) in [6.07, 6.45) is 0. The minimum absolute atomic E-state index is 0.121. The van der Waals surface area contributed by atoms with Crippen LogP contribution in [0.4, 0.5) is 0 Å². The summed E-state index contributed by atoms with van der Waals surface area (Å²) in [5.41, 5.74) is 0.404. The second-order valence-electron chi connectivity index (χ2n) is 5.84. The quantitative estimate of drug-likeness (QED) is 0.934. The van der Waals surface area contributed by atoms with Gasteiger partial charge in [-0.3, -0.25) is 0 Å². The Kier molecular flexibility index (Phi) is 4.27. The molecule has 0 aromatic heterocycles. The van der Waals surface area contributed by atoms with E-state index in [0.29, 0.717) is 16.7 Å². The van der Waals surface area contributed by atoms with Crippen molar-refractivity contribution in [2.24, 2.45) is 0 Å². The van der Waals surface area contributed by atoms with Crippen LogP contribution in [-0.2, 0) is 15.4 Å². The van der Waals surface area contributed by atoms with Gasteiger partial charge in [0, 0.05) is 5.56 Å². The van der Waals surface area contributed by atoms with Crippen molar-refractivity contribution in [3.63, 3.8) is 0 Å². The molecule has 0 aliphatic rings. The highest BCUT2D eigenvalue weighted by molar-refractivity contribution is 7.91. The monoisotopic (exact) mass is 316 g/mol. The third-order valence-corrected chi connectivity index (χ3v) is 5.34. The van der Waals surface area contributed by atoms with Gasteiger partial charge in [0.2, 0.25) is 9.84 Å². The van der Waals surface area contributed by atoms with Gasteiger partial charge < -0.3 is 5.11 Å². The molecule has 0 saturated carbocycles. The molecule has 0 spiro atoms. The normalized spacial score (nSPS) is 12.2. The van der Waals surface area contributed by atoms with Crippen molar-refractivity contribution < 1.29 is 13.5 Å². The van der Waals surface area contributed by atoms with E-state index < -0.39 is 15.4 Å². The molecule has 0 saturated heterocycles. The van der Waals surface area contributed by atoms with Crippen LogP contribution in [-0.4, -0.2) is 13.5 Å². The highest BCUT2D eigenvalue weighted by atomic mass is 32.2. The Balaban J connectivity index is 2.76. The predicted molar refractivity (Wildman–Crippen MR) is 88.3 cm³/mol. The fourth-order valence-electron chi connectivity index (χ4n) is 2.38. The molecule has 0 aliphatic heterocycles. The second-order valence-corrected chi connectivity index (χ2v) is 7.72. The van der Waals surface area contributed by atoms with E-state index in [0.717, 1.165) is 0 Å². The number of benzene rings is 2. The van der Waals surface area contributed by atoms with Crippen molar-refractivity contribution in [1.82, 2.24) is 0 Å². The fourth-order valence-corrected chi connectivity index (χ4v) is 4.27. The summed E-state index contributed by atoms with van der Waals surface area (Å²) >= 11 is 0. The molecule has 0 heterocycles. The third kappa shape index (κ3) is 2.98. The lowest BCUT2D eigenvalue weighted by Gasteiger charge is -2.22. The molecule has 3 nitrogen and oxygen atoms in total. The zero-order chi connectivity index (χ0) is 16.5. The number of allylic oxidation sites excluding steroid dienone is 1. The molecule has 0 fully saturated rings. The van der Waals surface area contributed by atoms with Crippen LogP contribution in [0, 0.1) is 0 Å². The SMILES string of the molecule is C=C(C)c1ccccc1S(=O)(=O)c1ccccc1C(C)(C)O. The standard InChI is InChI=1S/C18H20O3S/c1-13(2)14-9-5-7-11-16(14)22(20,21)17-12-8-6-10-15(17)18(3,4)19/h5-12,19H,1H2,2-4H3. The van der Waals surface area contributed by atoms with E-state index in [-0.39, 0.29) is 9.79 Å². The van der Waals surface area contributed by atoms with Gasteiger partial charge >= 0.3 is 0 Å². The van der Waals surface area contributed by atoms with Gasteiger partial charge in [-0.05, 0) is 44.0 Å². The minimum atomic E-state index is -3.75. The number of sulfone groups is 1. The largest absolute Gasteiger partial charge is 0.386 e. The first-order valence-electron chi connectivity index (χ1n) is 6.97. The first-order chi connectivity index (χ1) is 10.2. The Bertz CT molecular complexity index is 812. The number of rotatable bonds is 4. The molecule has 0 atom stereocenters. The summed E-state index contributed by atoms with van der Waals surface area (Å²) in [7, 11) is -3.75. The number of hydrogen-bond acceptors (Lipinski definition) is 3. The van der Waals surface area contributed by atoms with Gasteiger partial charge in [-0.15, -0.1) is 0 Å². The van der Waals surface area contributed by atoms with E-state index in [1.807, 2.05) is 0 Å². The number of hydrogen-bond donors (Lipinski definition) is 1. The molecule has 116 valence electrons. The fraction of sp³-hybridized carbons (Fsp3) is 0.222. The summed E-state index contributed by atoms with van der Waals surface area (Å²) in [5.74, 6) is 0. The summed E-state index contributed by atoms with van der Waals surface area (Å²) in [6, 6.07) is 13.3. The van der Waals surface area contributed by atoms with Gasteiger partial charge in [0.1, 0.15) is 0 Å². The van der Waals surface area contributed by atoms with Crippen molar-refractivity contribution in [3.05, 3.63) is 66.2 Å². The zero-order valence-corrected chi connectivity index (χ0v) is 13.8. The maximum atomic E-state index is 13.1. The Hall–Kier alpha value is -1.91. The summed E-state index contributed by atoms with van der Waals surface area (Å²) in [6.45, 7) is 8.78. The van der Waals surface area contributed by atoms with Gasteiger partial charge in [0.25, 0.3) is 0 Å². The Morgan fingerprint density at radius 3 is 2.05 bits per heavy atom. The molecule has 4 heteroatoms. The molecule has 0 amide bonds. The van der Waals surface area contributed by atoms with E-state index in [9.17, 15) is 13.5 Å². The van der Waals surface area contributed by atoms with Gasteiger partial charge in [0.15, 0.2) is 0 Å². The van der Waals surface area contributed by atoms with E-state index in [1.165, 1.54) is 6.07 Å². The molecule has 22 heavy (non-hydrogen) atoms. The summed E-state index contributed by atoms with van der Waals surface area (Å²) in [5, 5.41) is 10.3. The van der Waals surface area contributed by atoms with E-state index in [1.54, 1.807) is 63.2 Å². The lowest BCUT2D eigenvalue weighted by atomic mass is 9.99. The van der Waals surface area contributed by atoms with Crippen LogP contribution in [0.2, 0.25) is 0 Å². The van der Waals surface area contributed by atoms with Crippen molar-refractivity contribution in [3.8, 4) is 0 Å². The van der Waals surface area contributed by atoms with Crippen LogP contribution in [0.3, 0.4) is 0 Å². The maximum Gasteiger partial charge on any atom is 0.207 e. The Morgan fingerprint density at radius 1 is 1.00 bits per heavy atom. The van der Waals surface area contributed by atoms with Crippen molar-refractivity contribution in [2.45, 2.75) is 36.2 Å². The molecule has 2 aromatic rings. The second kappa shape index (κ2) is 5.71. The van der Waals surface area contributed by atoms with Crippen LogP contribution >= 0.6 is 0 Å². The first kappa shape index (κ1) is 16.5. The molecule has 0 unspecified atom stereocenters. The third-order valence-electron chi connectivity index (χ3n) is 3.47. The summed E-state index contributed by atoms with van der Waals surface area (Å²) in [4.78, 5) is 0.329. The van der Waals surface area contributed by atoms with Crippen LogP contribution in [0.1, 0.15) is 31.9 Å². The molecule has 0 aliphatic carbocycles. The van der Waals surface area contributed by atoms with Gasteiger partial charge in [-0.25, -0.2) is 8.42 Å². The van der Waals surface area contributed by atoms with Crippen LogP contribution in [0.5, 0.6) is 0 Å².